The average molecular weight is 288 g/mol. The smallest absolute Gasteiger partial charge is 0.125 e. The molecule has 0 saturated heterocycles. The molecule has 20 heavy (non-hydrogen) atoms. The van der Waals surface area contributed by atoms with Gasteiger partial charge < -0.3 is 5.32 Å². The molecule has 2 rings (SSSR count). The molecule has 0 amide bonds. The van der Waals surface area contributed by atoms with Crippen LogP contribution in [0.25, 0.3) is 0 Å². The van der Waals surface area contributed by atoms with Crippen LogP contribution in [0.15, 0.2) is 35.8 Å². The molecule has 3 heteroatoms. The zero-order chi connectivity index (χ0) is 14.8. The molecule has 0 aromatic carbocycles. The molecule has 0 atom stereocenters. The summed E-state index contributed by atoms with van der Waals surface area (Å²) in [4.78, 5) is 5.92. The van der Waals surface area contributed by atoms with Gasteiger partial charge in [-0.25, -0.2) is 4.98 Å². The van der Waals surface area contributed by atoms with E-state index in [0.29, 0.717) is 0 Å². The lowest BCUT2D eigenvalue weighted by Gasteiger charge is -2.24. The molecule has 2 aromatic heterocycles. The molecule has 0 bridgehead atoms. The van der Waals surface area contributed by atoms with Gasteiger partial charge in [0.15, 0.2) is 0 Å². The highest BCUT2D eigenvalue weighted by atomic mass is 32.1. The molecule has 2 heterocycles. The van der Waals surface area contributed by atoms with Gasteiger partial charge in [-0.2, -0.15) is 0 Å². The molecular weight excluding hydrogens is 264 g/mol. The number of anilines is 1. The van der Waals surface area contributed by atoms with Crippen LogP contribution in [0.4, 0.5) is 5.82 Å². The van der Waals surface area contributed by atoms with E-state index in [1.807, 2.05) is 17.5 Å². The minimum absolute atomic E-state index is 0.124. The number of aromatic nitrogens is 1. The Morgan fingerprint density at radius 2 is 1.85 bits per heavy atom. The SMILES string of the molecule is CC(C)(C)c1ccc(NCC(C)(C)c2cccs2)nc1. The van der Waals surface area contributed by atoms with Crippen molar-refractivity contribution < 1.29 is 0 Å². The summed E-state index contributed by atoms with van der Waals surface area (Å²) in [7, 11) is 0. The van der Waals surface area contributed by atoms with Gasteiger partial charge in [-0.3, -0.25) is 0 Å². The van der Waals surface area contributed by atoms with Crippen LogP contribution in [0, 0.1) is 0 Å². The fourth-order valence-corrected chi connectivity index (χ4v) is 2.86. The van der Waals surface area contributed by atoms with Gasteiger partial charge in [0.2, 0.25) is 0 Å². The Kier molecular flexibility index (Phi) is 4.19. The molecule has 0 fully saturated rings. The minimum atomic E-state index is 0.124. The van der Waals surface area contributed by atoms with Crippen molar-refractivity contribution in [2.75, 3.05) is 11.9 Å². The number of pyridine rings is 1. The first-order valence-electron chi connectivity index (χ1n) is 7.03. The van der Waals surface area contributed by atoms with Crippen LogP contribution in [0.5, 0.6) is 0 Å². The third-order valence-electron chi connectivity index (χ3n) is 3.53. The molecule has 1 N–H and O–H groups in total. The van der Waals surface area contributed by atoms with E-state index in [1.165, 1.54) is 10.4 Å². The zero-order valence-corrected chi connectivity index (χ0v) is 13.8. The molecule has 2 aromatic rings. The Bertz CT molecular complexity index is 533. The summed E-state index contributed by atoms with van der Waals surface area (Å²) in [5.41, 5.74) is 1.54. The van der Waals surface area contributed by atoms with Crippen LogP contribution in [0.1, 0.15) is 45.1 Å². The first kappa shape index (κ1) is 15.0. The van der Waals surface area contributed by atoms with Gasteiger partial charge in [-0.05, 0) is 28.5 Å². The lowest BCUT2D eigenvalue weighted by atomic mass is 9.88. The van der Waals surface area contributed by atoms with Crippen LogP contribution in [-0.2, 0) is 10.8 Å². The molecule has 2 nitrogen and oxygen atoms in total. The summed E-state index contributed by atoms with van der Waals surface area (Å²) in [6.07, 6.45) is 1.97. The van der Waals surface area contributed by atoms with Gasteiger partial charge >= 0.3 is 0 Å². The Balaban J connectivity index is 2.01. The summed E-state index contributed by atoms with van der Waals surface area (Å²) in [6.45, 7) is 12.0. The van der Waals surface area contributed by atoms with Crippen molar-refractivity contribution in [3.05, 3.63) is 46.3 Å². The predicted octanol–water partition coefficient (Wildman–Crippen LogP) is 4.83. The van der Waals surface area contributed by atoms with E-state index in [-0.39, 0.29) is 10.8 Å². The summed E-state index contributed by atoms with van der Waals surface area (Å²) in [5.74, 6) is 0.947. The molecule has 0 aliphatic heterocycles. The topological polar surface area (TPSA) is 24.9 Å². The largest absolute Gasteiger partial charge is 0.369 e. The van der Waals surface area contributed by atoms with Gasteiger partial charge in [-0.1, -0.05) is 46.8 Å². The summed E-state index contributed by atoms with van der Waals surface area (Å²) < 4.78 is 0. The number of thiophene rings is 1. The van der Waals surface area contributed by atoms with Gasteiger partial charge in [-0.15, -0.1) is 11.3 Å². The molecule has 108 valence electrons. The summed E-state index contributed by atoms with van der Waals surface area (Å²) in [6, 6.07) is 8.54. The second kappa shape index (κ2) is 5.57. The monoisotopic (exact) mass is 288 g/mol. The van der Waals surface area contributed by atoms with E-state index >= 15 is 0 Å². The second-order valence-corrected chi connectivity index (χ2v) is 7.84. The van der Waals surface area contributed by atoms with Crippen molar-refractivity contribution in [1.29, 1.82) is 0 Å². The van der Waals surface area contributed by atoms with Crippen LogP contribution in [-0.4, -0.2) is 11.5 Å². The first-order valence-corrected chi connectivity index (χ1v) is 7.91. The molecule has 0 aliphatic rings. The van der Waals surface area contributed by atoms with E-state index in [0.717, 1.165) is 12.4 Å². The van der Waals surface area contributed by atoms with Gasteiger partial charge in [0.05, 0.1) is 0 Å². The molecule has 0 spiro atoms. The maximum Gasteiger partial charge on any atom is 0.125 e. The van der Waals surface area contributed by atoms with E-state index in [4.69, 9.17) is 0 Å². The van der Waals surface area contributed by atoms with Crippen molar-refractivity contribution in [3.63, 3.8) is 0 Å². The van der Waals surface area contributed by atoms with E-state index in [9.17, 15) is 0 Å². The van der Waals surface area contributed by atoms with Crippen molar-refractivity contribution in [1.82, 2.24) is 4.98 Å². The maximum absolute atomic E-state index is 4.52. The fraction of sp³-hybridized carbons (Fsp3) is 0.471. The highest BCUT2D eigenvalue weighted by Gasteiger charge is 2.21. The van der Waals surface area contributed by atoms with Crippen molar-refractivity contribution in [2.24, 2.45) is 0 Å². The number of nitrogens with one attached hydrogen (secondary N) is 1. The highest BCUT2D eigenvalue weighted by molar-refractivity contribution is 7.10. The molecular formula is C17H24N2S. The van der Waals surface area contributed by atoms with Crippen LogP contribution >= 0.6 is 11.3 Å². The second-order valence-electron chi connectivity index (χ2n) is 6.90. The van der Waals surface area contributed by atoms with Gasteiger partial charge in [0.25, 0.3) is 0 Å². The number of hydrogen-bond acceptors (Lipinski definition) is 3. The highest BCUT2D eigenvalue weighted by Crippen LogP contribution is 2.28. The maximum atomic E-state index is 4.52. The predicted molar refractivity (Wildman–Crippen MR) is 88.8 cm³/mol. The van der Waals surface area contributed by atoms with Crippen molar-refractivity contribution in [2.45, 2.75) is 45.4 Å². The Morgan fingerprint density at radius 1 is 1.10 bits per heavy atom. The molecule has 0 aliphatic carbocycles. The van der Waals surface area contributed by atoms with Crippen LogP contribution < -0.4 is 5.32 Å². The fourth-order valence-electron chi connectivity index (χ4n) is 2.00. The molecule has 0 unspecified atom stereocenters. The van der Waals surface area contributed by atoms with Crippen molar-refractivity contribution in [3.8, 4) is 0 Å². The van der Waals surface area contributed by atoms with Crippen LogP contribution in [0.3, 0.4) is 0 Å². The lowest BCUT2D eigenvalue weighted by Crippen LogP contribution is -2.26. The third-order valence-corrected chi connectivity index (χ3v) is 4.76. The zero-order valence-electron chi connectivity index (χ0n) is 13.0. The van der Waals surface area contributed by atoms with E-state index in [2.05, 4.69) is 74.6 Å². The molecule has 0 radical (unpaired) electrons. The third kappa shape index (κ3) is 3.60. The lowest BCUT2D eigenvalue weighted by molar-refractivity contribution is 0.567. The average Bonchev–Trinajstić information content (AvgIpc) is 2.90. The Morgan fingerprint density at radius 3 is 2.35 bits per heavy atom. The normalized spacial score (nSPS) is 12.4. The van der Waals surface area contributed by atoms with E-state index < -0.39 is 0 Å². The van der Waals surface area contributed by atoms with Crippen LogP contribution in [0.2, 0.25) is 0 Å². The van der Waals surface area contributed by atoms with Crippen molar-refractivity contribution >= 4 is 17.2 Å². The summed E-state index contributed by atoms with van der Waals surface area (Å²) >= 11 is 1.81. The standard InChI is InChI=1S/C17H24N2S/c1-16(2,3)13-8-9-15(18-11-13)19-12-17(4,5)14-7-6-10-20-14/h6-11H,12H2,1-5H3,(H,18,19). The number of hydrogen-bond donors (Lipinski definition) is 1. The Labute approximate surface area is 126 Å². The molecule has 0 saturated carbocycles. The number of nitrogens with zero attached hydrogens (tertiary/aromatic N) is 1. The minimum Gasteiger partial charge on any atom is -0.369 e. The number of rotatable bonds is 4. The van der Waals surface area contributed by atoms with Gasteiger partial charge in [0, 0.05) is 23.0 Å². The quantitative estimate of drug-likeness (QED) is 0.871. The van der Waals surface area contributed by atoms with E-state index in [1.54, 1.807) is 0 Å². The summed E-state index contributed by atoms with van der Waals surface area (Å²) in [5, 5.41) is 5.58. The first-order chi connectivity index (χ1) is 9.29. The Hall–Kier alpha value is -1.35. The van der Waals surface area contributed by atoms with Gasteiger partial charge in [0.1, 0.15) is 5.82 Å².